The van der Waals surface area contributed by atoms with Crippen molar-refractivity contribution in [2.45, 2.75) is 44.6 Å². The number of rotatable bonds is 6. The molecule has 19 heavy (non-hydrogen) atoms. The second-order valence-corrected chi connectivity index (χ2v) is 7.77. The Morgan fingerprint density at radius 1 is 1.26 bits per heavy atom. The van der Waals surface area contributed by atoms with Gasteiger partial charge in [0.15, 0.2) is 0 Å². The molecule has 0 bridgehead atoms. The second-order valence-electron chi connectivity index (χ2n) is 5.18. The molecule has 0 saturated heterocycles. The Morgan fingerprint density at radius 2 is 1.89 bits per heavy atom. The Hall–Kier alpha value is -0.590. The number of hydrogen-bond acceptors (Lipinski definition) is 3. The maximum absolute atomic E-state index is 12.2. The fourth-order valence-electron chi connectivity index (χ4n) is 1.71. The third-order valence-corrected chi connectivity index (χ3v) is 4.94. The fourth-order valence-corrected chi connectivity index (χ4v) is 3.66. The molecule has 108 valence electrons. The molecule has 1 aromatic carbocycles. The summed E-state index contributed by atoms with van der Waals surface area (Å²) < 4.78 is 27.9. The van der Waals surface area contributed by atoms with Crippen LogP contribution in [0.5, 0.6) is 0 Å². The summed E-state index contributed by atoms with van der Waals surface area (Å²) in [5.41, 5.74) is 5.99. The lowest BCUT2D eigenvalue weighted by atomic mass is 10.1. The van der Waals surface area contributed by atoms with Crippen molar-refractivity contribution in [3.05, 3.63) is 22.7 Å². The molecule has 0 aliphatic heterocycles. The lowest BCUT2D eigenvalue weighted by Crippen LogP contribution is -2.33. The normalized spacial score (nSPS) is 13.7. The van der Waals surface area contributed by atoms with Gasteiger partial charge < -0.3 is 5.73 Å². The third kappa shape index (κ3) is 5.12. The van der Waals surface area contributed by atoms with Crippen LogP contribution in [0, 0.1) is 5.92 Å². The molecule has 0 fully saturated rings. The highest BCUT2D eigenvalue weighted by atomic mass is 79.9. The molecule has 1 rings (SSSR count). The Labute approximate surface area is 124 Å². The largest absolute Gasteiger partial charge is 0.398 e. The summed E-state index contributed by atoms with van der Waals surface area (Å²) >= 11 is 3.26. The summed E-state index contributed by atoms with van der Waals surface area (Å²) in [6.45, 7) is 6.11. The third-order valence-electron chi connectivity index (χ3n) is 2.80. The van der Waals surface area contributed by atoms with Crippen molar-refractivity contribution in [1.29, 1.82) is 0 Å². The topological polar surface area (TPSA) is 72.2 Å². The van der Waals surface area contributed by atoms with Crippen molar-refractivity contribution in [3.63, 3.8) is 0 Å². The highest BCUT2D eigenvalue weighted by Gasteiger charge is 2.20. The Balaban J connectivity index is 2.83. The zero-order valence-corrected chi connectivity index (χ0v) is 13.9. The summed E-state index contributed by atoms with van der Waals surface area (Å²) in [5, 5.41) is 0. The smallest absolute Gasteiger partial charge is 0.242 e. The number of halogens is 1. The number of nitrogen functional groups attached to an aromatic ring is 1. The maximum atomic E-state index is 12.2. The first-order valence-electron chi connectivity index (χ1n) is 6.29. The highest BCUT2D eigenvalue weighted by molar-refractivity contribution is 9.10. The first-order chi connectivity index (χ1) is 8.72. The molecule has 1 atom stereocenters. The van der Waals surface area contributed by atoms with Gasteiger partial charge in [0.1, 0.15) is 4.90 Å². The molecule has 0 spiro atoms. The molecule has 1 unspecified atom stereocenters. The van der Waals surface area contributed by atoms with Crippen molar-refractivity contribution < 1.29 is 8.42 Å². The summed E-state index contributed by atoms with van der Waals surface area (Å²) in [4.78, 5) is 0.123. The molecule has 0 aliphatic rings. The van der Waals surface area contributed by atoms with Crippen molar-refractivity contribution >= 4 is 31.6 Å². The van der Waals surface area contributed by atoms with Gasteiger partial charge in [-0.15, -0.1) is 0 Å². The summed E-state index contributed by atoms with van der Waals surface area (Å²) in [7, 11) is -3.57. The lowest BCUT2D eigenvalue weighted by Gasteiger charge is -2.16. The number of sulfonamides is 1. The van der Waals surface area contributed by atoms with Gasteiger partial charge in [0.2, 0.25) is 10.0 Å². The van der Waals surface area contributed by atoms with E-state index in [1.807, 2.05) is 6.92 Å². The van der Waals surface area contributed by atoms with E-state index in [4.69, 9.17) is 5.73 Å². The number of nitrogens with one attached hydrogen (secondary N) is 1. The number of nitrogens with two attached hydrogens (primary N) is 1. The van der Waals surface area contributed by atoms with Gasteiger partial charge in [-0.2, -0.15) is 0 Å². The zero-order valence-electron chi connectivity index (χ0n) is 11.5. The van der Waals surface area contributed by atoms with Gasteiger partial charge in [-0.3, -0.25) is 0 Å². The number of hydrogen-bond donors (Lipinski definition) is 2. The number of anilines is 1. The average Bonchev–Trinajstić information content (AvgIpc) is 2.29. The van der Waals surface area contributed by atoms with E-state index in [1.54, 1.807) is 12.1 Å². The zero-order chi connectivity index (χ0) is 14.6. The maximum Gasteiger partial charge on any atom is 0.242 e. The van der Waals surface area contributed by atoms with Crippen LogP contribution in [0.25, 0.3) is 0 Å². The van der Waals surface area contributed by atoms with Gasteiger partial charge in [-0.1, -0.05) is 29.8 Å². The van der Waals surface area contributed by atoms with Gasteiger partial charge in [-0.25, -0.2) is 13.1 Å². The van der Waals surface area contributed by atoms with Crippen LogP contribution in [-0.4, -0.2) is 14.5 Å². The minimum atomic E-state index is -3.57. The molecule has 1 aromatic rings. The SMILES string of the molecule is CC(C)CCC(C)NS(=O)(=O)c1cc(Br)ccc1N. The van der Waals surface area contributed by atoms with E-state index >= 15 is 0 Å². The van der Waals surface area contributed by atoms with E-state index in [1.165, 1.54) is 6.07 Å². The second kappa shape index (κ2) is 6.72. The van der Waals surface area contributed by atoms with Crippen LogP contribution in [0.2, 0.25) is 0 Å². The van der Waals surface area contributed by atoms with E-state index < -0.39 is 10.0 Å². The molecule has 0 saturated carbocycles. The molecular weight excluding hydrogens is 328 g/mol. The Kier molecular flexibility index (Phi) is 5.82. The molecule has 0 aromatic heterocycles. The van der Waals surface area contributed by atoms with Crippen LogP contribution >= 0.6 is 15.9 Å². The average molecular weight is 349 g/mol. The molecule has 0 amide bonds. The highest BCUT2D eigenvalue weighted by Crippen LogP contribution is 2.23. The van der Waals surface area contributed by atoms with Gasteiger partial charge in [0.05, 0.1) is 5.69 Å². The molecule has 0 radical (unpaired) electrons. The fraction of sp³-hybridized carbons (Fsp3) is 0.538. The Morgan fingerprint density at radius 3 is 2.47 bits per heavy atom. The van der Waals surface area contributed by atoms with Crippen LogP contribution in [0.1, 0.15) is 33.6 Å². The van der Waals surface area contributed by atoms with Crippen molar-refractivity contribution in [3.8, 4) is 0 Å². The van der Waals surface area contributed by atoms with Gasteiger partial charge in [-0.05, 0) is 43.9 Å². The van der Waals surface area contributed by atoms with Crippen LogP contribution in [0.4, 0.5) is 5.69 Å². The van der Waals surface area contributed by atoms with Crippen LogP contribution in [-0.2, 0) is 10.0 Å². The monoisotopic (exact) mass is 348 g/mol. The predicted octanol–water partition coefficient (Wildman–Crippen LogP) is 3.13. The molecule has 3 N–H and O–H groups in total. The lowest BCUT2D eigenvalue weighted by molar-refractivity contribution is 0.485. The number of benzene rings is 1. The Bertz CT molecular complexity index is 529. The summed E-state index contributed by atoms with van der Waals surface area (Å²) in [6, 6.07) is 4.71. The quantitative estimate of drug-likeness (QED) is 0.775. The molecule has 0 aliphatic carbocycles. The van der Waals surface area contributed by atoms with E-state index in [-0.39, 0.29) is 16.6 Å². The summed E-state index contributed by atoms with van der Waals surface area (Å²) in [5.74, 6) is 0.558. The first kappa shape index (κ1) is 16.5. The van der Waals surface area contributed by atoms with Gasteiger partial charge in [0, 0.05) is 10.5 Å². The van der Waals surface area contributed by atoms with Crippen LogP contribution in [0.3, 0.4) is 0 Å². The predicted molar refractivity (Wildman–Crippen MR) is 82.4 cm³/mol. The van der Waals surface area contributed by atoms with E-state index in [0.717, 1.165) is 12.8 Å². The van der Waals surface area contributed by atoms with Crippen molar-refractivity contribution in [2.75, 3.05) is 5.73 Å². The minimum Gasteiger partial charge on any atom is -0.398 e. The van der Waals surface area contributed by atoms with Gasteiger partial charge >= 0.3 is 0 Å². The first-order valence-corrected chi connectivity index (χ1v) is 8.57. The van der Waals surface area contributed by atoms with Gasteiger partial charge in [0.25, 0.3) is 0 Å². The standard InChI is InChI=1S/C13H21BrN2O2S/c1-9(2)4-5-10(3)16-19(17,18)13-8-11(14)6-7-12(13)15/h6-10,16H,4-5,15H2,1-3H3. The minimum absolute atomic E-state index is 0.106. The molecule has 4 nitrogen and oxygen atoms in total. The van der Waals surface area contributed by atoms with Crippen LogP contribution in [0.15, 0.2) is 27.6 Å². The van der Waals surface area contributed by atoms with E-state index in [2.05, 4.69) is 34.5 Å². The molecule has 0 heterocycles. The molecule has 6 heteroatoms. The molecular formula is C13H21BrN2O2S. The van der Waals surface area contributed by atoms with E-state index in [0.29, 0.717) is 10.4 Å². The van der Waals surface area contributed by atoms with Crippen LogP contribution < -0.4 is 10.5 Å². The van der Waals surface area contributed by atoms with Crippen molar-refractivity contribution in [2.24, 2.45) is 5.92 Å². The summed E-state index contributed by atoms with van der Waals surface area (Å²) in [6.07, 6.45) is 1.79. The van der Waals surface area contributed by atoms with E-state index in [9.17, 15) is 8.42 Å². The van der Waals surface area contributed by atoms with Crippen molar-refractivity contribution in [1.82, 2.24) is 4.72 Å².